The Bertz CT molecular complexity index is 531. The van der Waals surface area contributed by atoms with Crippen molar-refractivity contribution in [2.24, 2.45) is 4.99 Å². The third-order valence-electron chi connectivity index (χ3n) is 2.53. The Hall–Kier alpha value is -2.17. The summed E-state index contributed by atoms with van der Waals surface area (Å²) in [6.07, 6.45) is 1.79. The first-order valence-electron chi connectivity index (χ1n) is 6.72. The minimum Gasteiger partial charge on any atom is -0.497 e. The highest BCUT2D eigenvalue weighted by molar-refractivity contribution is 5.81. The van der Waals surface area contributed by atoms with Gasteiger partial charge >= 0.3 is 0 Å². The summed E-state index contributed by atoms with van der Waals surface area (Å²) in [5.74, 6) is 0.696. The SMILES string of the molecule is CCO.COc1cc(CO)cc(N=Cc2ccccc2)c1. The third-order valence-corrected chi connectivity index (χ3v) is 2.53. The normalized spacial score (nSPS) is 10.1. The molecule has 0 aliphatic rings. The molecule has 4 heteroatoms. The van der Waals surface area contributed by atoms with Gasteiger partial charge in [0.1, 0.15) is 5.75 Å². The number of hydrogen-bond donors (Lipinski definition) is 2. The van der Waals surface area contributed by atoms with Crippen LogP contribution >= 0.6 is 0 Å². The molecule has 2 rings (SSSR count). The molecule has 2 N–H and O–H groups in total. The van der Waals surface area contributed by atoms with Crippen LogP contribution in [0.3, 0.4) is 0 Å². The van der Waals surface area contributed by atoms with E-state index in [2.05, 4.69) is 4.99 Å². The molecule has 0 spiro atoms. The van der Waals surface area contributed by atoms with Crippen LogP contribution in [0, 0.1) is 0 Å². The summed E-state index contributed by atoms with van der Waals surface area (Å²) in [6, 6.07) is 15.3. The minimum absolute atomic E-state index is 0.0228. The highest BCUT2D eigenvalue weighted by atomic mass is 16.5. The fourth-order valence-electron chi connectivity index (χ4n) is 1.62. The summed E-state index contributed by atoms with van der Waals surface area (Å²) >= 11 is 0. The van der Waals surface area contributed by atoms with Crippen LogP contribution in [0.5, 0.6) is 5.75 Å². The summed E-state index contributed by atoms with van der Waals surface area (Å²) in [6.45, 7) is 1.91. The van der Waals surface area contributed by atoms with Gasteiger partial charge in [0.05, 0.1) is 19.4 Å². The van der Waals surface area contributed by atoms with E-state index >= 15 is 0 Å². The van der Waals surface area contributed by atoms with Crippen molar-refractivity contribution in [2.45, 2.75) is 13.5 Å². The zero-order chi connectivity index (χ0) is 15.5. The number of hydrogen-bond acceptors (Lipinski definition) is 4. The molecule has 21 heavy (non-hydrogen) atoms. The predicted octanol–water partition coefficient (Wildman–Crippen LogP) is 2.94. The summed E-state index contributed by atoms with van der Waals surface area (Å²) in [5.41, 5.74) is 2.59. The maximum atomic E-state index is 9.16. The van der Waals surface area contributed by atoms with Crippen LogP contribution in [0.15, 0.2) is 53.5 Å². The maximum Gasteiger partial charge on any atom is 0.121 e. The molecule has 0 saturated heterocycles. The molecule has 2 aromatic rings. The molecule has 0 unspecified atom stereocenters. The third kappa shape index (κ3) is 6.21. The van der Waals surface area contributed by atoms with Crippen LogP contribution in [0.4, 0.5) is 5.69 Å². The van der Waals surface area contributed by atoms with Crippen molar-refractivity contribution in [2.75, 3.05) is 13.7 Å². The fourth-order valence-corrected chi connectivity index (χ4v) is 1.62. The molecule has 0 radical (unpaired) electrons. The number of aliphatic hydroxyl groups is 2. The first kappa shape index (κ1) is 16.9. The molecule has 2 aromatic carbocycles. The highest BCUT2D eigenvalue weighted by Gasteiger charge is 1.99. The molecule has 0 aromatic heterocycles. The molecular formula is C17H21NO3. The van der Waals surface area contributed by atoms with E-state index in [9.17, 15) is 0 Å². The standard InChI is InChI=1S/C15H15NO2.C2H6O/c1-18-15-8-13(11-17)7-14(9-15)16-10-12-5-3-2-4-6-12;1-2-3/h2-10,17H,11H2,1H3;3H,2H2,1H3. The van der Waals surface area contributed by atoms with E-state index in [-0.39, 0.29) is 13.2 Å². The summed E-state index contributed by atoms with van der Waals surface area (Å²) in [4.78, 5) is 4.38. The lowest BCUT2D eigenvalue weighted by Crippen LogP contribution is -1.87. The first-order valence-corrected chi connectivity index (χ1v) is 6.72. The molecule has 0 aliphatic carbocycles. The molecule has 0 atom stereocenters. The van der Waals surface area contributed by atoms with Crippen LogP contribution in [0.2, 0.25) is 0 Å². The van der Waals surface area contributed by atoms with Crippen LogP contribution in [0.25, 0.3) is 0 Å². The smallest absolute Gasteiger partial charge is 0.121 e. The van der Waals surface area contributed by atoms with Crippen LogP contribution in [-0.4, -0.2) is 30.1 Å². The van der Waals surface area contributed by atoms with E-state index in [4.69, 9.17) is 14.9 Å². The number of aliphatic hydroxyl groups excluding tert-OH is 2. The Balaban J connectivity index is 0.000000677. The fraction of sp³-hybridized carbons (Fsp3) is 0.235. The van der Waals surface area contributed by atoms with Gasteiger partial charge in [0.2, 0.25) is 0 Å². The van der Waals surface area contributed by atoms with Crippen molar-refractivity contribution in [3.05, 3.63) is 59.7 Å². The number of methoxy groups -OCH3 is 1. The van der Waals surface area contributed by atoms with Gasteiger partial charge in [-0.2, -0.15) is 0 Å². The van der Waals surface area contributed by atoms with E-state index in [0.29, 0.717) is 5.75 Å². The van der Waals surface area contributed by atoms with Crippen molar-refractivity contribution in [3.8, 4) is 5.75 Å². The second kappa shape index (κ2) is 9.69. The monoisotopic (exact) mass is 287 g/mol. The molecule has 0 saturated carbocycles. The van der Waals surface area contributed by atoms with Gasteiger partial charge in [-0.25, -0.2) is 0 Å². The molecule has 0 fully saturated rings. The zero-order valence-electron chi connectivity index (χ0n) is 12.4. The number of nitrogens with zero attached hydrogens (tertiary/aromatic N) is 1. The van der Waals surface area contributed by atoms with E-state index in [1.807, 2.05) is 42.5 Å². The van der Waals surface area contributed by atoms with Gasteiger partial charge < -0.3 is 14.9 Å². The predicted molar refractivity (Wildman–Crippen MR) is 85.4 cm³/mol. The quantitative estimate of drug-likeness (QED) is 0.850. The zero-order valence-corrected chi connectivity index (χ0v) is 12.4. The summed E-state index contributed by atoms with van der Waals surface area (Å²) in [5, 5.41) is 16.7. The molecule has 4 nitrogen and oxygen atoms in total. The molecule has 112 valence electrons. The lowest BCUT2D eigenvalue weighted by Gasteiger charge is -2.04. The van der Waals surface area contributed by atoms with Crippen molar-refractivity contribution >= 4 is 11.9 Å². The Morgan fingerprint density at radius 2 is 1.76 bits per heavy atom. The number of rotatable bonds is 4. The van der Waals surface area contributed by atoms with Gasteiger partial charge in [0.15, 0.2) is 0 Å². The molecular weight excluding hydrogens is 266 g/mol. The first-order chi connectivity index (χ1) is 10.2. The van der Waals surface area contributed by atoms with Crippen molar-refractivity contribution in [3.63, 3.8) is 0 Å². The topological polar surface area (TPSA) is 62.0 Å². The van der Waals surface area contributed by atoms with Gasteiger partial charge in [-0.05, 0) is 30.2 Å². The average Bonchev–Trinajstić information content (AvgIpc) is 2.54. The lowest BCUT2D eigenvalue weighted by molar-refractivity contribution is 0.281. The van der Waals surface area contributed by atoms with E-state index in [1.54, 1.807) is 26.3 Å². The van der Waals surface area contributed by atoms with Crippen LogP contribution < -0.4 is 4.74 Å². The van der Waals surface area contributed by atoms with Crippen LogP contribution in [0.1, 0.15) is 18.1 Å². The molecule has 0 amide bonds. The van der Waals surface area contributed by atoms with E-state index in [1.165, 1.54) is 0 Å². The van der Waals surface area contributed by atoms with Gasteiger partial charge in [-0.15, -0.1) is 0 Å². The van der Waals surface area contributed by atoms with Gasteiger partial charge in [0.25, 0.3) is 0 Å². The Morgan fingerprint density at radius 1 is 1.10 bits per heavy atom. The summed E-state index contributed by atoms with van der Waals surface area (Å²) in [7, 11) is 1.60. The Morgan fingerprint density at radius 3 is 2.33 bits per heavy atom. The maximum absolute atomic E-state index is 9.16. The Labute approximate surface area is 125 Å². The number of aliphatic imine (C=N–C) groups is 1. The average molecular weight is 287 g/mol. The Kier molecular flexibility index (Phi) is 7.79. The van der Waals surface area contributed by atoms with Crippen molar-refractivity contribution in [1.82, 2.24) is 0 Å². The van der Waals surface area contributed by atoms with Gasteiger partial charge in [0, 0.05) is 18.9 Å². The number of benzene rings is 2. The second-order valence-electron chi connectivity index (χ2n) is 4.18. The van der Waals surface area contributed by atoms with Gasteiger partial charge in [-0.1, -0.05) is 30.3 Å². The largest absolute Gasteiger partial charge is 0.497 e. The van der Waals surface area contributed by atoms with Crippen molar-refractivity contribution < 1.29 is 14.9 Å². The summed E-state index contributed by atoms with van der Waals surface area (Å²) < 4.78 is 5.16. The van der Waals surface area contributed by atoms with E-state index in [0.717, 1.165) is 16.8 Å². The minimum atomic E-state index is -0.0228. The van der Waals surface area contributed by atoms with Crippen molar-refractivity contribution in [1.29, 1.82) is 0 Å². The van der Waals surface area contributed by atoms with Gasteiger partial charge in [-0.3, -0.25) is 4.99 Å². The van der Waals surface area contributed by atoms with E-state index < -0.39 is 0 Å². The van der Waals surface area contributed by atoms with Crippen LogP contribution in [-0.2, 0) is 6.61 Å². The lowest BCUT2D eigenvalue weighted by atomic mass is 10.2. The molecule has 0 aliphatic heterocycles. The second-order valence-corrected chi connectivity index (χ2v) is 4.18. The number of ether oxygens (including phenoxy) is 1. The highest BCUT2D eigenvalue weighted by Crippen LogP contribution is 2.23. The molecule has 0 heterocycles. The molecule has 0 bridgehead atoms.